The Morgan fingerprint density at radius 3 is 2.47 bits per heavy atom. The molecule has 0 heterocycles. The number of aryl methyl sites for hydroxylation is 1. The molecule has 0 radical (unpaired) electrons. The van der Waals surface area contributed by atoms with E-state index in [9.17, 15) is 9.18 Å². The number of carbonyl (C=O) groups is 1. The van der Waals surface area contributed by atoms with Crippen LogP contribution in [-0.2, 0) is 11.2 Å². The van der Waals surface area contributed by atoms with Crippen molar-refractivity contribution in [3.63, 3.8) is 0 Å². The summed E-state index contributed by atoms with van der Waals surface area (Å²) in [6.07, 6.45) is 4.70. The average Bonchev–Trinajstić information content (AvgIpc) is 2.14. The van der Waals surface area contributed by atoms with E-state index in [2.05, 4.69) is 0 Å². The summed E-state index contributed by atoms with van der Waals surface area (Å²) in [5.74, 6) is 0.486. The Morgan fingerprint density at radius 1 is 1.27 bits per heavy atom. The Labute approximate surface area is 89.3 Å². The van der Waals surface area contributed by atoms with Gasteiger partial charge in [-0.15, -0.1) is 0 Å². The molecule has 2 heteroatoms. The first-order valence-electron chi connectivity index (χ1n) is 5.53. The summed E-state index contributed by atoms with van der Waals surface area (Å²) in [5.41, 5.74) is 1.05. The highest BCUT2D eigenvalue weighted by Crippen LogP contribution is 2.28. The minimum absolute atomic E-state index is 0.218. The normalized spacial score (nSPS) is 16.1. The number of carbonyl (C=O) groups excluding carboxylic acids is 1. The second kappa shape index (κ2) is 4.56. The van der Waals surface area contributed by atoms with E-state index in [1.165, 1.54) is 18.6 Å². The van der Waals surface area contributed by atoms with Crippen molar-refractivity contribution in [2.75, 3.05) is 0 Å². The lowest BCUT2D eigenvalue weighted by Crippen LogP contribution is -2.22. The first-order chi connectivity index (χ1) is 7.25. The number of hydrogen-bond donors (Lipinski definition) is 0. The van der Waals surface area contributed by atoms with E-state index in [1.807, 2.05) is 0 Å². The molecule has 0 unspecified atom stereocenters. The first-order valence-corrected chi connectivity index (χ1v) is 5.53. The predicted octanol–water partition coefficient (Wildman–Crippen LogP) is 3.13. The van der Waals surface area contributed by atoms with Crippen LogP contribution in [0, 0.1) is 11.7 Å². The van der Waals surface area contributed by atoms with Crippen LogP contribution in [0.1, 0.15) is 31.2 Å². The van der Waals surface area contributed by atoms with Gasteiger partial charge < -0.3 is 0 Å². The van der Waals surface area contributed by atoms with Gasteiger partial charge in [0.1, 0.15) is 11.6 Å². The number of ketones is 1. The number of halogens is 1. The highest BCUT2D eigenvalue weighted by atomic mass is 19.1. The summed E-state index contributed by atoms with van der Waals surface area (Å²) in [4.78, 5) is 11.6. The minimum Gasteiger partial charge on any atom is -0.299 e. The third-order valence-corrected chi connectivity index (χ3v) is 3.13. The summed E-state index contributed by atoms with van der Waals surface area (Å²) < 4.78 is 12.6. The molecule has 0 atom stereocenters. The summed E-state index contributed by atoms with van der Waals surface area (Å²) >= 11 is 0. The fraction of sp³-hybridized carbons (Fsp3) is 0.462. The molecule has 0 N–H and O–H groups in total. The van der Waals surface area contributed by atoms with Crippen LogP contribution in [0.5, 0.6) is 0 Å². The molecule has 80 valence electrons. The predicted molar refractivity (Wildman–Crippen MR) is 57.1 cm³/mol. The first kappa shape index (κ1) is 10.3. The van der Waals surface area contributed by atoms with E-state index in [-0.39, 0.29) is 5.82 Å². The molecule has 1 saturated carbocycles. The Morgan fingerprint density at radius 2 is 1.93 bits per heavy atom. The third-order valence-electron chi connectivity index (χ3n) is 3.13. The maximum absolute atomic E-state index is 12.6. The Balaban J connectivity index is 1.82. The topological polar surface area (TPSA) is 17.1 Å². The van der Waals surface area contributed by atoms with Crippen LogP contribution < -0.4 is 0 Å². The maximum atomic E-state index is 12.6. The van der Waals surface area contributed by atoms with Crippen LogP contribution in [0.15, 0.2) is 24.3 Å². The van der Waals surface area contributed by atoms with Crippen molar-refractivity contribution >= 4 is 5.78 Å². The van der Waals surface area contributed by atoms with Gasteiger partial charge in [-0.05, 0) is 37.0 Å². The number of hydrogen-bond acceptors (Lipinski definition) is 1. The van der Waals surface area contributed by atoms with Crippen LogP contribution in [0.4, 0.5) is 4.39 Å². The van der Waals surface area contributed by atoms with Gasteiger partial charge in [0.2, 0.25) is 0 Å². The largest absolute Gasteiger partial charge is 0.299 e. The highest BCUT2D eigenvalue weighted by molar-refractivity contribution is 5.81. The van der Waals surface area contributed by atoms with Crippen molar-refractivity contribution < 1.29 is 9.18 Å². The van der Waals surface area contributed by atoms with Gasteiger partial charge in [-0.1, -0.05) is 18.6 Å². The van der Waals surface area contributed by atoms with E-state index in [4.69, 9.17) is 0 Å². The lowest BCUT2D eigenvalue weighted by Gasteiger charge is -2.23. The van der Waals surface area contributed by atoms with Crippen molar-refractivity contribution in [1.82, 2.24) is 0 Å². The second-order valence-corrected chi connectivity index (χ2v) is 4.22. The Hall–Kier alpha value is -1.18. The van der Waals surface area contributed by atoms with Crippen LogP contribution in [-0.4, -0.2) is 5.78 Å². The molecule has 1 aromatic rings. The zero-order valence-corrected chi connectivity index (χ0v) is 8.71. The lowest BCUT2D eigenvalue weighted by molar-refractivity contribution is -0.125. The smallest absolute Gasteiger partial charge is 0.136 e. The van der Waals surface area contributed by atoms with Gasteiger partial charge in [-0.2, -0.15) is 0 Å². The zero-order valence-electron chi connectivity index (χ0n) is 8.71. The average molecular weight is 206 g/mol. The van der Waals surface area contributed by atoms with Gasteiger partial charge in [-0.3, -0.25) is 4.79 Å². The molecular formula is C13H15FO. The third kappa shape index (κ3) is 2.65. The van der Waals surface area contributed by atoms with E-state index in [0.717, 1.165) is 24.8 Å². The molecule has 0 aromatic heterocycles. The lowest BCUT2D eigenvalue weighted by atomic mass is 9.80. The molecule has 1 nitrogen and oxygen atoms in total. The summed E-state index contributed by atoms with van der Waals surface area (Å²) in [5, 5.41) is 0. The summed E-state index contributed by atoms with van der Waals surface area (Å²) in [6, 6.07) is 6.40. The van der Waals surface area contributed by atoms with Crippen molar-refractivity contribution in [3.05, 3.63) is 35.6 Å². The quantitative estimate of drug-likeness (QED) is 0.739. The highest BCUT2D eigenvalue weighted by Gasteiger charge is 2.24. The zero-order chi connectivity index (χ0) is 10.7. The molecule has 0 aliphatic heterocycles. The summed E-state index contributed by atoms with van der Waals surface area (Å²) in [7, 11) is 0. The molecule has 2 rings (SSSR count). The van der Waals surface area contributed by atoms with Gasteiger partial charge >= 0.3 is 0 Å². The molecular weight excluding hydrogens is 191 g/mol. The molecule has 1 aromatic carbocycles. The molecule has 0 saturated heterocycles. The van der Waals surface area contributed by atoms with E-state index in [1.54, 1.807) is 12.1 Å². The molecule has 0 amide bonds. The van der Waals surface area contributed by atoms with Crippen molar-refractivity contribution in [3.8, 4) is 0 Å². The van der Waals surface area contributed by atoms with Gasteiger partial charge in [0.25, 0.3) is 0 Å². The number of Topliss-reactive ketones (excluding diaryl/α,β-unsaturated/α-hetero) is 1. The molecule has 1 aliphatic rings. The molecule has 1 fully saturated rings. The molecule has 0 spiro atoms. The van der Waals surface area contributed by atoms with E-state index in [0.29, 0.717) is 18.1 Å². The second-order valence-electron chi connectivity index (χ2n) is 4.22. The van der Waals surface area contributed by atoms with Crippen LogP contribution in [0.25, 0.3) is 0 Å². The van der Waals surface area contributed by atoms with Gasteiger partial charge in [0, 0.05) is 12.3 Å². The molecule has 0 bridgehead atoms. The monoisotopic (exact) mass is 206 g/mol. The van der Waals surface area contributed by atoms with Gasteiger partial charge in [0.05, 0.1) is 0 Å². The van der Waals surface area contributed by atoms with Crippen molar-refractivity contribution in [2.24, 2.45) is 5.92 Å². The Kier molecular flexibility index (Phi) is 3.14. The minimum atomic E-state index is -0.218. The maximum Gasteiger partial charge on any atom is 0.136 e. The van der Waals surface area contributed by atoms with Crippen molar-refractivity contribution in [2.45, 2.75) is 32.1 Å². The number of benzene rings is 1. The van der Waals surface area contributed by atoms with Crippen LogP contribution in [0.2, 0.25) is 0 Å². The van der Waals surface area contributed by atoms with Gasteiger partial charge in [0.15, 0.2) is 0 Å². The van der Waals surface area contributed by atoms with Gasteiger partial charge in [-0.25, -0.2) is 4.39 Å². The fourth-order valence-electron chi connectivity index (χ4n) is 1.85. The van der Waals surface area contributed by atoms with Crippen molar-refractivity contribution in [1.29, 1.82) is 0 Å². The van der Waals surface area contributed by atoms with Crippen LogP contribution in [0.3, 0.4) is 0 Å². The van der Waals surface area contributed by atoms with E-state index < -0.39 is 0 Å². The SMILES string of the molecule is O=C(CCc1ccc(F)cc1)C1CCC1. The summed E-state index contributed by atoms with van der Waals surface area (Å²) in [6.45, 7) is 0. The molecule has 15 heavy (non-hydrogen) atoms. The number of rotatable bonds is 4. The van der Waals surface area contributed by atoms with Crippen LogP contribution >= 0.6 is 0 Å². The Bertz CT molecular complexity index is 338. The molecule has 1 aliphatic carbocycles. The van der Waals surface area contributed by atoms with E-state index >= 15 is 0 Å². The standard InChI is InChI=1S/C13H15FO/c14-12-7-4-10(5-8-12)6-9-13(15)11-2-1-3-11/h4-5,7-8,11H,1-3,6,9H2. The fourth-order valence-corrected chi connectivity index (χ4v) is 1.85.